The van der Waals surface area contributed by atoms with Crippen LogP contribution in [0, 0.1) is 0 Å². The molecule has 1 aliphatic rings. The minimum atomic E-state index is -3.31. The maximum Gasteiger partial charge on any atom is 0.264 e. The molecular weight excluding hydrogens is 156 g/mol. The average Bonchev–Trinajstić information content (AvgIpc) is 2.35. The predicted molar refractivity (Wildman–Crippen MR) is 35.1 cm³/mol. The number of ether oxygens (including phenoxy) is 1. The van der Waals surface area contributed by atoms with Crippen molar-refractivity contribution in [2.75, 3.05) is 12.9 Å². The van der Waals surface area contributed by atoms with Crippen molar-refractivity contribution in [2.45, 2.75) is 19.1 Å². The molecule has 0 aromatic rings. The van der Waals surface area contributed by atoms with Crippen LogP contribution in [0.15, 0.2) is 0 Å². The Morgan fingerprint density at radius 3 is 2.50 bits per heavy atom. The van der Waals surface area contributed by atoms with Gasteiger partial charge in [-0.3, -0.25) is 4.18 Å². The summed E-state index contributed by atoms with van der Waals surface area (Å²) < 4.78 is 30.4. The minimum absolute atomic E-state index is 0.0188. The van der Waals surface area contributed by atoms with Gasteiger partial charge in [-0.15, -0.1) is 0 Å². The predicted octanol–water partition coefficient (Wildman–Crippen LogP) is -0.250. The van der Waals surface area contributed by atoms with E-state index >= 15 is 0 Å². The van der Waals surface area contributed by atoms with Crippen molar-refractivity contribution >= 4 is 10.1 Å². The van der Waals surface area contributed by atoms with Crippen LogP contribution in [-0.2, 0) is 19.0 Å². The molecule has 1 aliphatic heterocycles. The lowest BCUT2D eigenvalue weighted by molar-refractivity contribution is 0.184. The standard InChI is InChI=1S/C5H10O4S/c1-4(5-3-8-5)9-10(2,6)7/h4-5H,3H2,1-2H3/t4-,5+/m0/s1. The van der Waals surface area contributed by atoms with Crippen molar-refractivity contribution in [3.8, 4) is 0 Å². The van der Waals surface area contributed by atoms with E-state index < -0.39 is 10.1 Å². The maximum absolute atomic E-state index is 10.5. The van der Waals surface area contributed by atoms with E-state index in [1.807, 2.05) is 0 Å². The zero-order valence-electron chi connectivity index (χ0n) is 5.90. The van der Waals surface area contributed by atoms with Crippen molar-refractivity contribution in [3.05, 3.63) is 0 Å². The van der Waals surface area contributed by atoms with Gasteiger partial charge in [-0.2, -0.15) is 8.42 Å². The van der Waals surface area contributed by atoms with Crippen molar-refractivity contribution in [3.63, 3.8) is 0 Å². The average molecular weight is 166 g/mol. The molecule has 1 rings (SSSR count). The van der Waals surface area contributed by atoms with Crippen molar-refractivity contribution in [2.24, 2.45) is 0 Å². The molecule has 60 valence electrons. The molecule has 0 radical (unpaired) electrons. The largest absolute Gasteiger partial charge is 0.370 e. The molecule has 0 bridgehead atoms. The molecule has 0 N–H and O–H groups in total. The van der Waals surface area contributed by atoms with Gasteiger partial charge in [0.25, 0.3) is 10.1 Å². The molecule has 0 saturated carbocycles. The van der Waals surface area contributed by atoms with E-state index in [0.717, 1.165) is 6.26 Å². The summed E-state index contributed by atoms with van der Waals surface area (Å²) in [5.74, 6) is 0. The van der Waals surface area contributed by atoms with Crippen molar-refractivity contribution in [1.29, 1.82) is 0 Å². The molecule has 0 unspecified atom stereocenters. The van der Waals surface area contributed by atoms with Gasteiger partial charge in [0.05, 0.1) is 12.9 Å². The zero-order chi connectivity index (χ0) is 7.78. The first-order valence-electron chi connectivity index (χ1n) is 2.99. The molecule has 10 heavy (non-hydrogen) atoms. The molecule has 0 aromatic heterocycles. The molecule has 0 aromatic carbocycles. The fourth-order valence-electron chi connectivity index (χ4n) is 0.664. The van der Waals surface area contributed by atoms with Gasteiger partial charge in [-0.1, -0.05) is 0 Å². The van der Waals surface area contributed by atoms with Crippen LogP contribution in [0.2, 0.25) is 0 Å². The molecule has 0 spiro atoms. The SMILES string of the molecule is C[C@H](OS(C)(=O)=O)[C@H]1CO1. The molecule has 1 fully saturated rings. The molecule has 0 aliphatic carbocycles. The fourth-order valence-corrected chi connectivity index (χ4v) is 1.34. The summed E-state index contributed by atoms with van der Waals surface area (Å²) in [4.78, 5) is 0. The van der Waals surface area contributed by atoms with Crippen LogP contribution >= 0.6 is 0 Å². The molecular formula is C5H10O4S. The lowest BCUT2D eigenvalue weighted by Crippen LogP contribution is -2.19. The van der Waals surface area contributed by atoms with E-state index in [-0.39, 0.29) is 12.2 Å². The van der Waals surface area contributed by atoms with E-state index in [4.69, 9.17) is 4.74 Å². The molecule has 5 heteroatoms. The Kier molecular flexibility index (Phi) is 1.98. The second-order valence-electron chi connectivity index (χ2n) is 2.38. The Bertz CT molecular complexity index is 204. The molecule has 1 heterocycles. The first kappa shape index (κ1) is 7.97. The first-order valence-corrected chi connectivity index (χ1v) is 4.80. The molecule has 2 atom stereocenters. The number of epoxide rings is 1. The summed E-state index contributed by atoms with van der Waals surface area (Å²) in [5.41, 5.74) is 0. The third-order valence-electron chi connectivity index (χ3n) is 1.21. The quantitative estimate of drug-likeness (QED) is 0.428. The Morgan fingerprint density at radius 2 is 2.20 bits per heavy atom. The monoisotopic (exact) mass is 166 g/mol. The van der Waals surface area contributed by atoms with Crippen molar-refractivity contribution in [1.82, 2.24) is 0 Å². The van der Waals surface area contributed by atoms with Gasteiger partial charge in [-0.05, 0) is 6.92 Å². The third-order valence-corrected chi connectivity index (χ3v) is 1.86. The summed E-state index contributed by atoms with van der Waals surface area (Å²) in [6.07, 6.45) is 0.677. The Morgan fingerprint density at radius 1 is 1.70 bits per heavy atom. The van der Waals surface area contributed by atoms with Gasteiger partial charge in [0.2, 0.25) is 0 Å². The third kappa shape index (κ3) is 2.64. The Hall–Kier alpha value is -0.130. The van der Waals surface area contributed by atoms with Crippen LogP contribution in [0.1, 0.15) is 6.92 Å². The Balaban J connectivity index is 2.37. The van der Waals surface area contributed by atoms with Crippen LogP contribution in [0.25, 0.3) is 0 Å². The highest BCUT2D eigenvalue weighted by atomic mass is 32.2. The van der Waals surface area contributed by atoms with E-state index in [9.17, 15) is 8.42 Å². The van der Waals surface area contributed by atoms with Crippen LogP contribution in [-0.4, -0.2) is 33.5 Å². The highest BCUT2D eigenvalue weighted by molar-refractivity contribution is 7.86. The zero-order valence-corrected chi connectivity index (χ0v) is 6.72. The fraction of sp³-hybridized carbons (Fsp3) is 1.00. The van der Waals surface area contributed by atoms with Gasteiger partial charge < -0.3 is 4.74 Å². The lowest BCUT2D eigenvalue weighted by Gasteiger charge is -2.05. The normalized spacial score (nSPS) is 28.0. The highest BCUT2D eigenvalue weighted by Crippen LogP contribution is 2.17. The number of hydrogen-bond acceptors (Lipinski definition) is 4. The van der Waals surface area contributed by atoms with Crippen LogP contribution < -0.4 is 0 Å². The Labute approximate surface area is 60.3 Å². The molecule has 4 nitrogen and oxygen atoms in total. The van der Waals surface area contributed by atoms with Crippen LogP contribution in [0.5, 0.6) is 0 Å². The topological polar surface area (TPSA) is 55.9 Å². The van der Waals surface area contributed by atoms with E-state index in [1.165, 1.54) is 0 Å². The summed E-state index contributed by atoms with van der Waals surface area (Å²) in [6.45, 7) is 2.29. The van der Waals surface area contributed by atoms with Gasteiger partial charge in [-0.25, -0.2) is 0 Å². The first-order chi connectivity index (χ1) is 4.49. The summed E-state index contributed by atoms with van der Waals surface area (Å²) >= 11 is 0. The summed E-state index contributed by atoms with van der Waals surface area (Å²) in [6, 6.07) is 0. The summed E-state index contributed by atoms with van der Waals surface area (Å²) in [5, 5.41) is 0. The molecule has 0 amide bonds. The van der Waals surface area contributed by atoms with Gasteiger partial charge in [0.15, 0.2) is 0 Å². The van der Waals surface area contributed by atoms with E-state index in [2.05, 4.69) is 4.18 Å². The second-order valence-corrected chi connectivity index (χ2v) is 3.98. The minimum Gasteiger partial charge on any atom is -0.370 e. The second kappa shape index (κ2) is 2.48. The van der Waals surface area contributed by atoms with E-state index in [0.29, 0.717) is 6.61 Å². The van der Waals surface area contributed by atoms with Gasteiger partial charge in [0, 0.05) is 0 Å². The molecule has 1 saturated heterocycles. The van der Waals surface area contributed by atoms with Gasteiger partial charge in [0.1, 0.15) is 12.2 Å². The van der Waals surface area contributed by atoms with E-state index in [1.54, 1.807) is 6.92 Å². The van der Waals surface area contributed by atoms with Crippen LogP contribution in [0.3, 0.4) is 0 Å². The number of rotatable bonds is 3. The highest BCUT2D eigenvalue weighted by Gasteiger charge is 2.32. The summed E-state index contributed by atoms with van der Waals surface area (Å²) in [7, 11) is -3.31. The van der Waals surface area contributed by atoms with Gasteiger partial charge >= 0.3 is 0 Å². The van der Waals surface area contributed by atoms with Crippen LogP contribution in [0.4, 0.5) is 0 Å². The van der Waals surface area contributed by atoms with Crippen molar-refractivity contribution < 1.29 is 17.3 Å². The lowest BCUT2D eigenvalue weighted by atomic mass is 10.3. The maximum atomic E-state index is 10.5. The number of hydrogen-bond donors (Lipinski definition) is 0. The smallest absolute Gasteiger partial charge is 0.264 e.